The maximum absolute atomic E-state index is 13.2. The van der Waals surface area contributed by atoms with Crippen LogP contribution in [0.1, 0.15) is 29.7 Å². The van der Waals surface area contributed by atoms with Crippen LogP contribution in [-0.2, 0) is 16.1 Å². The number of ether oxygens (including phenoxy) is 2. The van der Waals surface area contributed by atoms with Crippen LogP contribution in [0.2, 0.25) is 0 Å². The fourth-order valence-electron chi connectivity index (χ4n) is 3.92. The van der Waals surface area contributed by atoms with E-state index in [0.29, 0.717) is 29.2 Å². The Kier molecular flexibility index (Phi) is 6.40. The number of aliphatic hydroxyl groups is 1. The van der Waals surface area contributed by atoms with Crippen molar-refractivity contribution in [1.29, 1.82) is 0 Å². The lowest BCUT2D eigenvalue weighted by atomic mass is 9.95. The second-order valence-electron chi connectivity index (χ2n) is 7.52. The van der Waals surface area contributed by atoms with Crippen molar-refractivity contribution in [2.75, 3.05) is 13.7 Å². The summed E-state index contributed by atoms with van der Waals surface area (Å²) in [4.78, 5) is 31.8. The molecule has 0 radical (unpaired) electrons. The predicted octanol–water partition coefficient (Wildman–Crippen LogP) is 4.11. The number of carbonyl (C=O) groups excluding carboxylic acids is 2. The number of aromatic nitrogens is 1. The Hall–Kier alpha value is -4.13. The van der Waals surface area contributed by atoms with Crippen molar-refractivity contribution in [2.45, 2.75) is 19.5 Å². The first-order chi connectivity index (χ1) is 16.0. The third-order valence-corrected chi connectivity index (χ3v) is 5.47. The highest BCUT2D eigenvalue weighted by molar-refractivity contribution is 6.46. The van der Waals surface area contributed by atoms with Crippen molar-refractivity contribution in [3.05, 3.63) is 95.3 Å². The minimum Gasteiger partial charge on any atom is -0.507 e. The molecular formula is C26H24N2O5. The monoisotopic (exact) mass is 444 g/mol. The lowest BCUT2D eigenvalue weighted by molar-refractivity contribution is -0.140. The Morgan fingerprint density at radius 3 is 2.52 bits per heavy atom. The molecule has 1 unspecified atom stereocenters. The number of pyridine rings is 1. The summed E-state index contributed by atoms with van der Waals surface area (Å²) >= 11 is 0. The van der Waals surface area contributed by atoms with Gasteiger partial charge in [0.2, 0.25) is 0 Å². The van der Waals surface area contributed by atoms with Gasteiger partial charge < -0.3 is 19.5 Å². The Balaban J connectivity index is 1.84. The lowest BCUT2D eigenvalue weighted by Crippen LogP contribution is -2.29. The normalized spacial score (nSPS) is 17.3. The number of methoxy groups -OCH3 is 1. The molecule has 0 spiro atoms. The first-order valence-corrected chi connectivity index (χ1v) is 10.6. The summed E-state index contributed by atoms with van der Waals surface area (Å²) in [5, 5.41) is 11.2. The SMILES string of the molecule is CCOc1cccc(/C(O)=C2\C(=O)C(=O)N(Cc3cccnc3)C2c2ccc(OC)cc2)c1. The Bertz CT molecular complexity index is 1190. The summed E-state index contributed by atoms with van der Waals surface area (Å²) in [6.07, 6.45) is 3.29. The molecule has 168 valence electrons. The van der Waals surface area contributed by atoms with Gasteiger partial charge in [0, 0.05) is 24.5 Å². The fraction of sp³-hybridized carbons (Fsp3) is 0.192. The van der Waals surface area contributed by atoms with E-state index in [1.165, 1.54) is 4.90 Å². The zero-order chi connectivity index (χ0) is 23.4. The molecule has 7 heteroatoms. The number of ketones is 1. The number of likely N-dealkylation sites (tertiary alicyclic amines) is 1. The molecule has 1 aromatic heterocycles. The average Bonchev–Trinajstić information content (AvgIpc) is 3.09. The van der Waals surface area contributed by atoms with Crippen LogP contribution in [0.3, 0.4) is 0 Å². The number of hydrogen-bond acceptors (Lipinski definition) is 6. The molecule has 1 aliphatic heterocycles. The fourth-order valence-corrected chi connectivity index (χ4v) is 3.92. The van der Waals surface area contributed by atoms with Crippen molar-refractivity contribution in [1.82, 2.24) is 9.88 Å². The molecule has 7 nitrogen and oxygen atoms in total. The third kappa shape index (κ3) is 4.43. The minimum absolute atomic E-state index is 0.0303. The number of rotatable bonds is 7. The molecule has 1 saturated heterocycles. The largest absolute Gasteiger partial charge is 0.507 e. The van der Waals surface area contributed by atoms with Crippen molar-refractivity contribution >= 4 is 17.4 Å². The van der Waals surface area contributed by atoms with Gasteiger partial charge >= 0.3 is 0 Å². The molecule has 33 heavy (non-hydrogen) atoms. The van der Waals surface area contributed by atoms with Crippen molar-refractivity contribution in [2.24, 2.45) is 0 Å². The van der Waals surface area contributed by atoms with Crippen molar-refractivity contribution in [3.8, 4) is 11.5 Å². The molecule has 2 heterocycles. The molecule has 1 atom stereocenters. The molecule has 0 aliphatic carbocycles. The van der Waals surface area contributed by atoms with Gasteiger partial charge in [-0.25, -0.2) is 0 Å². The molecule has 3 aromatic rings. The molecule has 1 aliphatic rings. The second-order valence-corrected chi connectivity index (χ2v) is 7.52. The van der Waals surface area contributed by atoms with Crippen LogP contribution in [0.15, 0.2) is 78.6 Å². The van der Waals surface area contributed by atoms with Crippen molar-refractivity contribution < 1.29 is 24.2 Å². The first-order valence-electron chi connectivity index (χ1n) is 10.6. The van der Waals surface area contributed by atoms with Crippen LogP contribution in [0.5, 0.6) is 11.5 Å². The third-order valence-electron chi connectivity index (χ3n) is 5.47. The maximum atomic E-state index is 13.2. The smallest absolute Gasteiger partial charge is 0.295 e. The van der Waals surface area contributed by atoms with Crippen LogP contribution in [0.4, 0.5) is 0 Å². The molecule has 1 N–H and O–H groups in total. The second kappa shape index (κ2) is 9.56. The van der Waals surface area contributed by atoms with E-state index in [1.807, 2.05) is 13.0 Å². The summed E-state index contributed by atoms with van der Waals surface area (Å²) in [5.41, 5.74) is 1.89. The highest BCUT2D eigenvalue weighted by atomic mass is 16.5. The number of hydrogen-bond donors (Lipinski definition) is 1. The van der Waals surface area contributed by atoms with Gasteiger partial charge in [0.1, 0.15) is 17.3 Å². The highest BCUT2D eigenvalue weighted by Gasteiger charge is 2.46. The van der Waals surface area contributed by atoms with Crippen LogP contribution >= 0.6 is 0 Å². The standard InChI is InChI=1S/C26H24N2O5/c1-3-33-21-8-4-7-19(14-21)24(29)22-23(18-9-11-20(32-2)12-10-18)28(26(31)25(22)30)16-17-6-5-13-27-15-17/h4-15,23,29H,3,16H2,1-2H3/b24-22+. The lowest BCUT2D eigenvalue weighted by Gasteiger charge is -2.25. The number of nitrogens with zero attached hydrogens (tertiary/aromatic N) is 2. The van der Waals surface area contributed by atoms with Gasteiger partial charge in [-0.05, 0) is 48.4 Å². The molecule has 1 amide bonds. The summed E-state index contributed by atoms with van der Waals surface area (Å²) in [5.74, 6) is -0.454. The van der Waals surface area contributed by atoms with E-state index in [1.54, 1.807) is 74.1 Å². The molecule has 4 rings (SSSR count). The highest BCUT2D eigenvalue weighted by Crippen LogP contribution is 2.41. The number of benzene rings is 2. The van der Waals surface area contributed by atoms with Gasteiger partial charge in [0.05, 0.1) is 25.3 Å². The number of Topliss-reactive ketones (excluding diaryl/α,β-unsaturated/α-hetero) is 1. The summed E-state index contributed by atoms with van der Waals surface area (Å²) in [6.45, 7) is 2.50. The Morgan fingerprint density at radius 1 is 1.06 bits per heavy atom. The first kappa shape index (κ1) is 22.1. The molecule has 2 aromatic carbocycles. The predicted molar refractivity (Wildman–Crippen MR) is 123 cm³/mol. The Labute approximate surface area is 191 Å². The number of amides is 1. The van der Waals surface area contributed by atoms with Crippen LogP contribution in [0, 0.1) is 0 Å². The van der Waals surface area contributed by atoms with E-state index in [0.717, 1.165) is 5.56 Å². The zero-order valence-electron chi connectivity index (χ0n) is 18.4. The van der Waals surface area contributed by atoms with E-state index in [2.05, 4.69) is 4.98 Å². The van der Waals surface area contributed by atoms with Gasteiger partial charge in [0.25, 0.3) is 11.7 Å². The van der Waals surface area contributed by atoms with Gasteiger partial charge in [-0.3, -0.25) is 14.6 Å². The molecule has 1 fully saturated rings. The molecule has 0 bridgehead atoms. The van der Waals surface area contributed by atoms with Crippen LogP contribution in [0.25, 0.3) is 5.76 Å². The van der Waals surface area contributed by atoms with E-state index in [9.17, 15) is 14.7 Å². The van der Waals surface area contributed by atoms with Crippen molar-refractivity contribution in [3.63, 3.8) is 0 Å². The van der Waals surface area contributed by atoms with E-state index in [4.69, 9.17) is 9.47 Å². The van der Waals surface area contributed by atoms with Crippen LogP contribution < -0.4 is 9.47 Å². The summed E-state index contributed by atoms with van der Waals surface area (Å²) in [7, 11) is 1.56. The van der Waals surface area contributed by atoms with E-state index in [-0.39, 0.29) is 17.9 Å². The van der Waals surface area contributed by atoms with Gasteiger partial charge in [-0.1, -0.05) is 30.3 Å². The summed E-state index contributed by atoms with van der Waals surface area (Å²) < 4.78 is 10.8. The number of carbonyl (C=O) groups is 2. The molecular weight excluding hydrogens is 420 g/mol. The zero-order valence-corrected chi connectivity index (χ0v) is 18.4. The average molecular weight is 444 g/mol. The number of aliphatic hydroxyl groups excluding tert-OH is 1. The summed E-state index contributed by atoms with van der Waals surface area (Å²) in [6, 6.07) is 16.8. The van der Waals surface area contributed by atoms with Gasteiger partial charge in [-0.2, -0.15) is 0 Å². The van der Waals surface area contributed by atoms with E-state index < -0.39 is 17.7 Å². The topological polar surface area (TPSA) is 89.0 Å². The van der Waals surface area contributed by atoms with Gasteiger partial charge in [0.15, 0.2) is 0 Å². The molecule has 0 saturated carbocycles. The minimum atomic E-state index is -0.771. The Morgan fingerprint density at radius 2 is 1.85 bits per heavy atom. The van der Waals surface area contributed by atoms with Crippen LogP contribution in [-0.4, -0.2) is 40.4 Å². The van der Waals surface area contributed by atoms with E-state index >= 15 is 0 Å². The quantitative estimate of drug-likeness (QED) is 0.335. The maximum Gasteiger partial charge on any atom is 0.295 e. The van der Waals surface area contributed by atoms with Gasteiger partial charge in [-0.15, -0.1) is 0 Å².